The van der Waals surface area contributed by atoms with E-state index in [1.54, 1.807) is 12.1 Å². The van der Waals surface area contributed by atoms with Crippen molar-refractivity contribution in [2.24, 2.45) is 11.7 Å². The summed E-state index contributed by atoms with van der Waals surface area (Å²) in [5.74, 6) is 0.215. The predicted molar refractivity (Wildman–Crippen MR) is 50.5 cm³/mol. The fourth-order valence-corrected chi connectivity index (χ4v) is 1.19. The Morgan fingerprint density at radius 1 is 1.69 bits per heavy atom. The zero-order chi connectivity index (χ0) is 9.84. The third-order valence-electron chi connectivity index (χ3n) is 2.29. The topological polar surface area (TPSA) is 56.2 Å². The Labute approximate surface area is 77.9 Å². The molecule has 0 spiro atoms. The number of rotatable bonds is 4. The van der Waals surface area contributed by atoms with Gasteiger partial charge < -0.3 is 10.2 Å². The molecule has 13 heavy (non-hydrogen) atoms. The number of carbonyl (C=O) groups is 1. The van der Waals surface area contributed by atoms with E-state index in [9.17, 15) is 4.79 Å². The lowest BCUT2D eigenvalue weighted by molar-refractivity contribution is 0.0883. The van der Waals surface area contributed by atoms with Gasteiger partial charge >= 0.3 is 0 Å². The molecule has 0 fully saturated rings. The summed E-state index contributed by atoms with van der Waals surface area (Å²) in [5.41, 5.74) is 5.76. The van der Waals surface area contributed by atoms with E-state index in [0.717, 1.165) is 6.42 Å². The summed E-state index contributed by atoms with van der Waals surface area (Å²) in [6.07, 6.45) is 2.30. The normalized spacial score (nSPS) is 15.3. The third kappa shape index (κ3) is 2.18. The highest BCUT2D eigenvalue weighted by molar-refractivity contribution is 5.95. The smallest absolute Gasteiger partial charge is 0.202 e. The number of nitrogens with two attached hydrogens (primary N) is 1. The molecule has 1 rings (SSSR count). The lowest BCUT2D eigenvalue weighted by Gasteiger charge is -2.15. The van der Waals surface area contributed by atoms with Crippen molar-refractivity contribution in [3.05, 3.63) is 24.2 Å². The first-order valence-corrected chi connectivity index (χ1v) is 4.50. The SMILES string of the molecule is CCC(N)C(C)C(=O)c1ccco1. The van der Waals surface area contributed by atoms with E-state index in [1.807, 2.05) is 13.8 Å². The summed E-state index contributed by atoms with van der Waals surface area (Å²) < 4.78 is 5.01. The van der Waals surface area contributed by atoms with E-state index >= 15 is 0 Å². The quantitative estimate of drug-likeness (QED) is 0.721. The lowest BCUT2D eigenvalue weighted by Crippen LogP contribution is -2.32. The second-order valence-corrected chi connectivity index (χ2v) is 3.20. The van der Waals surface area contributed by atoms with Crippen LogP contribution in [0.1, 0.15) is 30.8 Å². The number of carbonyl (C=O) groups excluding carboxylic acids is 1. The Morgan fingerprint density at radius 2 is 2.38 bits per heavy atom. The van der Waals surface area contributed by atoms with E-state index in [2.05, 4.69) is 0 Å². The van der Waals surface area contributed by atoms with Crippen molar-refractivity contribution >= 4 is 5.78 Å². The molecule has 0 aliphatic heterocycles. The first-order chi connectivity index (χ1) is 6.16. The molecular formula is C10H15NO2. The maximum atomic E-state index is 11.6. The Kier molecular flexibility index (Phi) is 3.25. The van der Waals surface area contributed by atoms with Crippen LogP contribution in [0.2, 0.25) is 0 Å². The molecule has 0 saturated heterocycles. The van der Waals surface area contributed by atoms with E-state index in [4.69, 9.17) is 10.2 Å². The van der Waals surface area contributed by atoms with Gasteiger partial charge in [0.15, 0.2) is 5.76 Å². The van der Waals surface area contributed by atoms with Crippen molar-refractivity contribution in [1.82, 2.24) is 0 Å². The molecule has 2 atom stereocenters. The van der Waals surface area contributed by atoms with Crippen molar-refractivity contribution in [3.63, 3.8) is 0 Å². The van der Waals surface area contributed by atoms with Crippen LogP contribution in [0.5, 0.6) is 0 Å². The van der Waals surface area contributed by atoms with Crippen LogP contribution in [-0.4, -0.2) is 11.8 Å². The van der Waals surface area contributed by atoms with Crippen LogP contribution in [0.3, 0.4) is 0 Å². The Hall–Kier alpha value is -1.09. The number of Topliss-reactive ketones (excluding diaryl/α,β-unsaturated/α-hetero) is 1. The minimum absolute atomic E-state index is 0.0145. The zero-order valence-corrected chi connectivity index (χ0v) is 7.99. The van der Waals surface area contributed by atoms with Gasteiger partial charge in [-0.15, -0.1) is 0 Å². The van der Waals surface area contributed by atoms with Gasteiger partial charge in [0, 0.05) is 12.0 Å². The predicted octanol–water partition coefficient (Wildman–Crippen LogP) is 1.84. The first kappa shape index (κ1) is 9.99. The number of hydrogen-bond donors (Lipinski definition) is 1. The minimum Gasteiger partial charge on any atom is -0.461 e. The summed E-state index contributed by atoms with van der Waals surface area (Å²) >= 11 is 0. The molecule has 2 N–H and O–H groups in total. The van der Waals surface area contributed by atoms with E-state index in [1.165, 1.54) is 6.26 Å². The average molecular weight is 181 g/mol. The average Bonchev–Trinajstić information content (AvgIpc) is 2.67. The number of ketones is 1. The van der Waals surface area contributed by atoms with Crippen LogP contribution in [-0.2, 0) is 0 Å². The molecule has 1 heterocycles. The van der Waals surface area contributed by atoms with Gasteiger partial charge in [0.1, 0.15) is 0 Å². The Morgan fingerprint density at radius 3 is 2.85 bits per heavy atom. The molecule has 0 aromatic carbocycles. The van der Waals surface area contributed by atoms with Crippen molar-refractivity contribution in [2.45, 2.75) is 26.3 Å². The third-order valence-corrected chi connectivity index (χ3v) is 2.29. The zero-order valence-electron chi connectivity index (χ0n) is 7.99. The summed E-state index contributed by atoms with van der Waals surface area (Å²) in [7, 11) is 0. The molecule has 72 valence electrons. The van der Waals surface area contributed by atoms with Crippen molar-refractivity contribution < 1.29 is 9.21 Å². The van der Waals surface area contributed by atoms with Crippen LogP contribution in [0.4, 0.5) is 0 Å². The monoisotopic (exact) mass is 181 g/mol. The molecular weight excluding hydrogens is 166 g/mol. The van der Waals surface area contributed by atoms with Gasteiger partial charge in [-0.2, -0.15) is 0 Å². The Bertz CT molecular complexity index is 266. The molecule has 0 aliphatic rings. The Balaban J connectivity index is 2.68. The van der Waals surface area contributed by atoms with Crippen molar-refractivity contribution in [2.75, 3.05) is 0 Å². The second-order valence-electron chi connectivity index (χ2n) is 3.20. The van der Waals surface area contributed by atoms with E-state index < -0.39 is 0 Å². The maximum absolute atomic E-state index is 11.6. The molecule has 3 heteroatoms. The highest BCUT2D eigenvalue weighted by atomic mass is 16.3. The van der Waals surface area contributed by atoms with E-state index in [-0.39, 0.29) is 17.7 Å². The van der Waals surface area contributed by atoms with Crippen molar-refractivity contribution in [3.8, 4) is 0 Å². The van der Waals surface area contributed by atoms with Gasteiger partial charge in [-0.1, -0.05) is 13.8 Å². The van der Waals surface area contributed by atoms with Crippen LogP contribution >= 0.6 is 0 Å². The van der Waals surface area contributed by atoms with Gasteiger partial charge in [-0.05, 0) is 18.6 Å². The summed E-state index contributed by atoms with van der Waals surface area (Å²) in [6, 6.07) is 3.29. The molecule has 0 bridgehead atoms. The second kappa shape index (κ2) is 4.23. The molecule has 0 radical (unpaired) electrons. The van der Waals surface area contributed by atoms with Crippen LogP contribution < -0.4 is 5.73 Å². The summed E-state index contributed by atoms with van der Waals surface area (Å²) in [6.45, 7) is 3.80. The minimum atomic E-state index is -0.170. The molecule has 3 nitrogen and oxygen atoms in total. The largest absolute Gasteiger partial charge is 0.461 e. The highest BCUT2D eigenvalue weighted by Crippen LogP contribution is 2.13. The molecule has 1 aromatic heterocycles. The van der Waals surface area contributed by atoms with Gasteiger partial charge in [0.05, 0.1) is 6.26 Å². The maximum Gasteiger partial charge on any atom is 0.202 e. The fourth-order valence-electron chi connectivity index (χ4n) is 1.19. The van der Waals surface area contributed by atoms with Gasteiger partial charge in [-0.25, -0.2) is 0 Å². The summed E-state index contributed by atoms with van der Waals surface area (Å²) in [4.78, 5) is 11.6. The molecule has 0 saturated carbocycles. The number of hydrogen-bond acceptors (Lipinski definition) is 3. The molecule has 1 aromatic rings. The molecule has 0 aliphatic carbocycles. The van der Waals surface area contributed by atoms with Crippen molar-refractivity contribution in [1.29, 1.82) is 0 Å². The van der Waals surface area contributed by atoms with Gasteiger partial charge in [-0.3, -0.25) is 4.79 Å². The summed E-state index contributed by atoms with van der Waals surface area (Å²) in [5, 5.41) is 0. The van der Waals surface area contributed by atoms with Crippen LogP contribution in [0, 0.1) is 5.92 Å². The number of furan rings is 1. The fraction of sp³-hybridized carbons (Fsp3) is 0.500. The van der Waals surface area contributed by atoms with Crippen LogP contribution in [0.25, 0.3) is 0 Å². The van der Waals surface area contributed by atoms with Gasteiger partial charge in [0.2, 0.25) is 5.78 Å². The van der Waals surface area contributed by atoms with E-state index in [0.29, 0.717) is 5.76 Å². The molecule has 2 unspecified atom stereocenters. The standard InChI is InChI=1S/C10H15NO2/c1-3-8(11)7(2)10(12)9-5-4-6-13-9/h4-8H,3,11H2,1-2H3. The molecule has 0 amide bonds. The lowest BCUT2D eigenvalue weighted by atomic mass is 9.95. The van der Waals surface area contributed by atoms with Crippen LogP contribution in [0.15, 0.2) is 22.8 Å². The van der Waals surface area contributed by atoms with Gasteiger partial charge in [0.25, 0.3) is 0 Å². The first-order valence-electron chi connectivity index (χ1n) is 4.50. The highest BCUT2D eigenvalue weighted by Gasteiger charge is 2.22.